The first-order valence-corrected chi connectivity index (χ1v) is 23.0. The molecule has 5 heterocycles. The molecule has 0 bridgehead atoms. The second kappa shape index (κ2) is 17.4. The van der Waals surface area contributed by atoms with Gasteiger partial charge in [-0.05, 0) is 81.5 Å². The lowest BCUT2D eigenvalue weighted by Crippen LogP contribution is -2.47. The van der Waals surface area contributed by atoms with Crippen molar-refractivity contribution >= 4 is 56.0 Å². The quantitative estimate of drug-likeness (QED) is 0.239. The summed E-state index contributed by atoms with van der Waals surface area (Å²) in [5, 5.41) is 0.213. The van der Waals surface area contributed by atoms with Crippen molar-refractivity contribution in [1.82, 2.24) is 24.5 Å². The lowest BCUT2D eigenvalue weighted by atomic mass is 9.90. The largest absolute Gasteiger partial charge is 0.495 e. The smallest absolute Gasteiger partial charge is 0.240 e. The molecule has 1 N–H and O–H groups in total. The summed E-state index contributed by atoms with van der Waals surface area (Å²) < 4.78 is 54.9. The number of carbonyl (C=O) groups is 4. The third-order valence-corrected chi connectivity index (χ3v) is 14.9. The molecule has 2 saturated carbocycles. The summed E-state index contributed by atoms with van der Waals surface area (Å²) >= 11 is 6.81. The van der Waals surface area contributed by atoms with Crippen LogP contribution in [0.1, 0.15) is 83.5 Å². The Morgan fingerprint density at radius 1 is 1.02 bits per heavy atom. The van der Waals surface area contributed by atoms with Gasteiger partial charge < -0.3 is 19.3 Å². The number of halogens is 2. The maximum Gasteiger partial charge on any atom is 0.240 e. The minimum Gasteiger partial charge on any atom is -0.495 e. The lowest BCUT2D eigenvalue weighted by Gasteiger charge is -2.32. The molecule has 0 radical (unpaired) electrons. The van der Waals surface area contributed by atoms with Gasteiger partial charge in [-0.3, -0.25) is 28.9 Å². The number of aromatic nitrogens is 2. The molecule has 6 atom stereocenters. The van der Waals surface area contributed by atoms with Crippen molar-refractivity contribution in [2.45, 2.75) is 107 Å². The number of allylic oxidation sites excluding steroid dienone is 2. The number of carbonyl (C=O) groups excluding carboxylic acids is 4. The van der Waals surface area contributed by atoms with Crippen molar-refractivity contribution < 1.29 is 41.5 Å². The first-order chi connectivity index (χ1) is 28.9. The van der Waals surface area contributed by atoms with Crippen LogP contribution in [0.15, 0.2) is 54.7 Å². The number of sulfonamides is 1. The Morgan fingerprint density at radius 3 is 2.60 bits per heavy atom. The van der Waals surface area contributed by atoms with Crippen LogP contribution in [0.2, 0.25) is 5.02 Å². The highest BCUT2D eigenvalue weighted by Gasteiger charge is 2.61. The molecule has 16 heteroatoms. The van der Waals surface area contributed by atoms with Crippen LogP contribution in [-0.4, -0.2) is 102 Å². The van der Waals surface area contributed by atoms with Crippen molar-refractivity contribution in [3.05, 3.63) is 59.8 Å². The molecule has 5 aliphatic rings. The minimum atomic E-state index is -3.89. The van der Waals surface area contributed by atoms with Crippen molar-refractivity contribution in [1.29, 1.82) is 0 Å². The maximum atomic E-state index is 14.9. The van der Waals surface area contributed by atoms with Gasteiger partial charge in [-0.25, -0.2) is 17.8 Å². The number of Topliss-reactive ketones (excluding diaryl/α,β-unsaturated/α-hetero) is 1. The van der Waals surface area contributed by atoms with Crippen molar-refractivity contribution in [3.8, 4) is 22.9 Å². The van der Waals surface area contributed by atoms with Gasteiger partial charge in [0.25, 0.3) is 0 Å². The Bertz CT molecular complexity index is 2290. The van der Waals surface area contributed by atoms with Gasteiger partial charge in [0, 0.05) is 49.4 Å². The van der Waals surface area contributed by atoms with Crippen LogP contribution < -0.4 is 14.2 Å². The van der Waals surface area contributed by atoms with Crippen molar-refractivity contribution in [3.63, 3.8) is 0 Å². The zero-order valence-corrected chi connectivity index (χ0v) is 35.3. The van der Waals surface area contributed by atoms with Crippen LogP contribution in [0.3, 0.4) is 0 Å². The van der Waals surface area contributed by atoms with Crippen LogP contribution in [0, 0.1) is 17.3 Å². The van der Waals surface area contributed by atoms with Crippen LogP contribution in [-0.2, 0) is 29.2 Å². The molecule has 4 fully saturated rings. The number of fused-ring (bicyclic) bond motifs is 3. The predicted octanol–water partition coefficient (Wildman–Crippen LogP) is 6.37. The number of hydrogen-bond acceptors (Lipinski definition) is 10. The Hall–Kier alpha value is -4.63. The number of amides is 3. The number of methoxy groups -OCH3 is 1. The van der Waals surface area contributed by atoms with Gasteiger partial charge in [0.15, 0.2) is 5.78 Å². The summed E-state index contributed by atoms with van der Waals surface area (Å²) in [6, 6.07) is 9.61. The van der Waals surface area contributed by atoms with E-state index in [1.807, 2.05) is 18.2 Å². The number of rotatable bonds is 9. The number of nitrogens with one attached hydrogen (secondary N) is 1. The number of alkyl halides is 1. The van der Waals surface area contributed by atoms with Gasteiger partial charge in [-0.1, -0.05) is 42.7 Å². The number of piperidine rings is 1. The summed E-state index contributed by atoms with van der Waals surface area (Å²) in [4.78, 5) is 69.5. The molecule has 2 aliphatic carbocycles. The van der Waals surface area contributed by atoms with Crippen molar-refractivity contribution in [2.24, 2.45) is 17.3 Å². The summed E-state index contributed by atoms with van der Waals surface area (Å²) in [6.07, 6.45) is 8.95. The van der Waals surface area contributed by atoms with Gasteiger partial charge in [0.05, 0.1) is 53.8 Å². The molecule has 320 valence electrons. The third kappa shape index (κ3) is 8.88. The highest BCUT2D eigenvalue weighted by Crippen LogP contribution is 2.57. The zero-order chi connectivity index (χ0) is 42.2. The van der Waals surface area contributed by atoms with Crippen LogP contribution in [0.5, 0.6) is 11.5 Å². The highest BCUT2D eigenvalue weighted by molar-refractivity contribution is 7.90. The molecule has 0 spiro atoms. The lowest BCUT2D eigenvalue weighted by molar-refractivity contribution is -0.145. The normalized spacial score (nSPS) is 28.2. The predicted molar refractivity (Wildman–Crippen MR) is 222 cm³/mol. The molecule has 8 rings (SSSR count). The molecule has 1 aromatic carbocycles. The summed E-state index contributed by atoms with van der Waals surface area (Å²) in [5.74, 6) is -2.07. The van der Waals surface area contributed by atoms with E-state index in [4.69, 9.17) is 26.1 Å². The summed E-state index contributed by atoms with van der Waals surface area (Å²) in [7, 11) is -2.38. The molecule has 3 aliphatic heterocycles. The van der Waals surface area contributed by atoms with E-state index < -0.39 is 50.8 Å². The highest BCUT2D eigenvalue weighted by atomic mass is 35.5. The molecule has 3 amide bonds. The molecule has 60 heavy (non-hydrogen) atoms. The van der Waals surface area contributed by atoms with E-state index in [1.165, 1.54) is 16.9 Å². The number of benzene rings is 1. The zero-order valence-electron chi connectivity index (χ0n) is 33.7. The SMILES string of the molecule is COc1ccc2c(O[C@@H]3C[C@H]4C(=O)C[C@]5(C(=O)NS(=O)(=O)C6CC6)C[C@H]5/C=C\CCCCC[C@H](CC(=O)N5CCCC(F)C5)C(=O)N4C3)cc(-c3ccccn3)nc2c1Cl. The fourth-order valence-corrected chi connectivity index (χ4v) is 10.8. The average molecular weight is 864 g/mol. The number of ether oxygens (including phenoxy) is 2. The monoisotopic (exact) mass is 863 g/mol. The number of likely N-dealkylation sites (tertiary alicyclic amines) is 1. The summed E-state index contributed by atoms with van der Waals surface area (Å²) in [5.41, 5.74) is 0.156. The average Bonchev–Trinajstić information content (AvgIpc) is 4.17. The van der Waals surface area contributed by atoms with Gasteiger partial charge in [-0.2, -0.15) is 0 Å². The number of hydrogen-bond donors (Lipinski definition) is 1. The van der Waals surface area contributed by atoms with E-state index in [-0.39, 0.29) is 60.9 Å². The fourth-order valence-electron chi connectivity index (χ4n) is 9.10. The van der Waals surface area contributed by atoms with E-state index in [2.05, 4.69) is 9.71 Å². The van der Waals surface area contributed by atoms with Crippen LogP contribution in [0.25, 0.3) is 22.3 Å². The molecule has 3 aromatic rings. The van der Waals surface area contributed by atoms with Crippen LogP contribution >= 0.6 is 11.6 Å². The van der Waals surface area contributed by atoms with E-state index in [0.29, 0.717) is 91.7 Å². The second-order valence-electron chi connectivity index (χ2n) is 17.0. The van der Waals surface area contributed by atoms with Gasteiger partial charge in [0.1, 0.15) is 28.8 Å². The Labute approximate surface area is 354 Å². The summed E-state index contributed by atoms with van der Waals surface area (Å²) in [6.45, 7) is 0.414. The topological polar surface area (TPSA) is 165 Å². The molecular formula is C44H51ClFN5O8S. The van der Waals surface area contributed by atoms with E-state index in [1.54, 1.807) is 36.5 Å². The van der Waals surface area contributed by atoms with E-state index in [9.17, 15) is 32.0 Å². The molecule has 2 saturated heterocycles. The molecule has 2 aromatic heterocycles. The van der Waals surface area contributed by atoms with Gasteiger partial charge in [0.2, 0.25) is 27.7 Å². The number of ketones is 1. The maximum absolute atomic E-state index is 14.9. The Morgan fingerprint density at radius 2 is 1.85 bits per heavy atom. The fraction of sp³-hybridized carbons (Fsp3) is 0.545. The first kappa shape index (κ1) is 42.1. The molecule has 13 nitrogen and oxygen atoms in total. The van der Waals surface area contributed by atoms with E-state index in [0.717, 1.165) is 12.8 Å². The first-order valence-electron chi connectivity index (χ1n) is 21.1. The number of nitrogens with zero attached hydrogens (tertiary/aromatic N) is 4. The second-order valence-corrected chi connectivity index (χ2v) is 19.4. The number of pyridine rings is 2. The van der Waals surface area contributed by atoms with E-state index >= 15 is 0 Å². The van der Waals surface area contributed by atoms with Crippen LogP contribution in [0.4, 0.5) is 4.39 Å². The standard InChI is InChI=1S/C44H51ClFN5O8S/c1-58-37-17-16-32-38(22-34(48-41(32)40(37)45)33-13-7-8-18-47-33)59-30-21-35-36(52)24-44(43(55)49-60(56,57)31-14-15-31)23-28(44)11-6-4-2-3-5-10-27(42(54)51(35)26-30)20-39(53)50-19-9-12-29(46)25-50/h6-8,11,13,16-18,22,27-31,35H,2-5,9-10,12,14-15,19-21,23-26H2,1H3,(H,49,55)/b11-6-/t27-,28-,29?,30-,35+,44-/m1/s1. The van der Waals surface area contributed by atoms with Crippen molar-refractivity contribution in [2.75, 3.05) is 26.7 Å². The Kier molecular flexibility index (Phi) is 12.2. The van der Waals surface area contributed by atoms with Gasteiger partial charge >= 0.3 is 0 Å². The van der Waals surface area contributed by atoms with Gasteiger partial charge in [-0.15, -0.1) is 0 Å². The molecule has 1 unspecified atom stereocenters. The Balaban J connectivity index is 1.13. The molecular weight excluding hydrogens is 813 g/mol. The third-order valence-electron chi connectivity index (χ3n) is 12.8. The minimum absolute atomic E-state index is 0.00140.